The lowest BCUT2D eigenvalue weighted by atomic mass is 9.63. The van der Waals surface area contributed by atoms with Gasteiger partial charge in [-0.25, -0.2) is 5.48 Å². The molecule has 0 atom stereocenters. The standard InChI is InChI=1S/C24H27NO2/c1-23(2)14-15-24(3,4)21-16-18(10-13-20(21)23)7-5-6-17-8-11-19(12-9-17)22(26)25-27/h8-13,16,27H,7,14-15H2,1-4H3,(H,25,26). The van der Waals surface area contributed by atoms with Crippen molar-refractivity contribution in [2.24, 2.45) is 0 Å². The van der Waals surface area contributed by atoms with Crippen LogP contribution in [0, 0.1) is 11.8 Å². The lowest BCUT2D eigenvalue weighted by Gasteiger charge is -2.42. The van der Waals surface area contributed by atoms with E-state index in [1.165, 1.54) is 29.5 Å². The van der Waals surface area contributed by atoms with Crippen molar-refractivity contribution < 1.29 is 10.0 Å². The van der Waals surface area contributed by atoms with Gasteiger partial charge < -0.3 is 0 Å². The molecule has 0 spiro atoms. The van der Waals surface area contributed by atoms with E-state index in [-0.39, 0.29) is 10.8 Å². The molecule has 0 aliphatic heterocycles. The number of hydrogen-bond donors (Lipinski definition) is 2. The fraction of sp³-hybridized carbons (Fsp3) is 0.375. The molecule has 1 amide bonds. The molecule has 3 heteroatoms. The van der Waals surface area contributed by atoms with Gasteiger partial charge in [0.15, 0.2) is 0 Å². The van der Waals surface area contributed by atoms with Crippen LogP contribution in [0.1, 0.15) is 73.1 Å². The predicted octanol–water partition coefficient (Wildman–Crippen LogP) is 4.75. The molecule has 1 aliphatic rings. The highest BCUT2D eigenvalue weighted by molar-refractivity contribution is 5.93. The van der Waals surface area contributed by atoms with E-state index in [4.69, 9.17) is 5.21 Å². The van der Waals surface area contributed by atoms with Gasteiger partial charge in [-0.05, 0) is 64.6 Å². The van der Waals surface area contributed by atoms with Crippen LogP contribution in [0.4, 0.5) is 0 Å². The van der Waals surface area contributed by atoms with Gasteiger partial charge in [-0.2, -0.15) is 0 Å². The maximum atomic E-state index is 11.3. The van der Waals surface area contributed by atoms with Crippen molar-refractivity contribution in [2.45, 2.75) is 57.8 Å². The maximum absolute atomic E-state index is 11.3. The molecule has 0 heterocycles. The van der Waals surface area contributed by atoms with Crippen molar-refractivity contribution in [2.75, 3.05) is 0 Å². The second-order valence-corrected chi connectivity index (χ2v) is 8.64. The van der Waals surface area contributed by atoms with E-state index in [9.17, 15) is 4.79 Å². The van der Waals surface area contributed by atoms with E-state index in [0.29, 0.717) is 12.0 Å². The first kappa shape index (κ1) is 19.2. The number of fused-ring (bicyclic) bond motifs is 1. The van der Waals surface area contributed by atoms with Gasteiger partial charge in [-0.1, -0.05) is 57.7 Å². The summed E-state index contributed by atoms with van der Waals surface area (Å²) in [6.07, 6.45) is 3.12. The van der Waals surface area contributed by atoms with Crippen LogP contribution in [0.3, 0.4) is 0 Å². The zero-order valence-corrected chi connectivity index (χ0v) is 16.5. The highest BCUT2D eigenvalue weighted by Crippen LogP contribution is 2.45. The van der Waals surface area contributed by atoms with Crippen LogP contribution in [0.25, 0.3) is 0 Å². The average Bonchev–Trinajstić information content (AvgIpc) is 2.65. The summed E-state index contributed by atoms with van der Waals surface area (Å²) >= 11 is 0. The summed E-state index contributed by atoms with van der Waals surface area (Å²) in [5.74, 6) is 5.87. The van der Waals surface area contributed by atoms with E-state index < -0.39 is 5.91 Å². The Morgan fingerprint density at radius 2 is 1.63 bits per heavy atom. The molecule has 0 radical (unpaired) electrons. The van der Waals surface area contributed by atoms with Crippen LogP contribution in [-0.4, -0.2) is 11.1 Å². The van der Waals surface area contributed by atoms with Crippen molar-refractivity contribution in [1.29, 1.82) is 0 Å². The molecule has 0 aromatic heterocycles. The summed E-state index contributed by atoms with van der Waals surface area (Å²) in [4.78, 5) is 11.3. The fourth-order valence-electron chi connectivity index (χ4n) is 3.76. The molecule has 1 aliphatic carbocycles. The van der Waals surface area contributed by atoms with E-state index in [0.717, 1.165) is 5.56 Å². The number of hydrogen-bond acceptors (Lipinski definition) is 2. The molecular weight excluding hydrogens is 334 g/mol. The molecule has 3 rings (SSSR count). The number of carbonyl (C=O) groups excluding carboxylic acids is 1. The van der Waals surface area contributed by atoms with Crippen molar-refractivity contribution in [3.05, 3.63) is 70.3 Å². The average molecular weight is 361 g/mol. The van der Waals surface area contributed by atoms with Gasteiger partial charge in [0.05, 0.1) is 0 Å². The number of amides is 1. The minimum atomic E-state index is -0.519. The second-order valence-electron chi connectivity index (χ2n) is 8.64. The Labute approximate surface area is 161 Å². The minimum absolute atomic E-state index is 0.206. The molecule has 0 saturated carbocycles. The van der Waals surface area contributed by atoms with Crippen molar-refractivity contribution >= 4 is 5.91 Å². The normalized spacial score (nSPS) is 16.6. The lowest BCUT2D eigenvalue weighted by molar-refractivity contribution is 0.0706. The van der Waals surface area contributed by atoms with Crippen LogP contribution < -0.4 is 5.48 Å². The van der Waals surface area contributed by atoms with Gasteiger partial charge >= 0.3 is 0 Å². The number of nitrogens with one attached hydrogen (secondary N) is 1. The molecule has 0 bridgehead atoms. The van der Waals surface area contributed by atoms with E-state index in [1.54, 1.807) is 29.7 Å². The summed E-state index contributed by atoms with van der Waals surface area (Å²) in [6.45, 7) is 9.34. The SMILES string of the molecule is CC1(C)CCC(C)(C)c2cc(CC#Cc3ccc(C(=O)NO)cc3)ccc21. The number of benzene rings is 2. The highest BCUT2D eigenvalue weighted by Gasteiger charge is 2.36. The van der Waals surface area contributed by atoms with Crippen molar-refractivity contribution in [3.63, 3.8) is 0 Å². The molecule has 140 valence electrons. The van der Waals surface area contributed by atoms with Crippen LogP contribution in [0.2, 0.25) is 0 Å². The Morgan fingerprint density at radius 3 is 2.26 bits per heavy atom. The minimum Gasteiger partial charge on any atom is -0.288 e. The van der Waals surface area contributed by atoms with Gasteiger partial charge in [0, 0.05) is 17.5 Å². The second kappa shape index (κ2) is 7.21. The van der Waals surface area contributed by atoms with E-state index in [2.05, 4.69) is 57.7 Å². The molecule has 2 aromatic carbocycles. The topological polar surface area (TPSA) is 49.3 Å². The molecular formula is C24H27NO2. The Balaban J connectivity index is 1.78. The van der Waals surface area contributed by atoms with Crippen molar-refractivity contribution in [1.82, 2.24) is 5.48 Å². The Kier molecular flexibility index (Phi) is 5.13. The summed E-state index contributed by atoms with van der Waals surface area (Å²) in [7, 11) is 0. The zero-order chi connectivity index (χ0) is 19.7. The third-order valence-electron chi connectivity index (χ3n) is 5.69. The predicted molar refractivity (Wildman–Crippen MR) is 108 cm³/mol. The molecule has 0 fully saturated rings. The van der Waals surface area contributed by atoms with Gasteiger partial charge in [0.2, 0.25) is 0 Å². The molecule has 3 nitrogen and oxygen atoms in total. The Hall–Kier alpha value is -2.57. The number of carbonyl (C=O) groups is 1. The van der Waals surface area contributed by atoms with Crippen molar-refractivity contribution in [3.8, 4) is 11.8 Å². The third-order valence-corrected chi connectivity index (χ3v) is 5.69. The first-order valence-corrected chi connectivity index (χ1v) is 9.40. The van der Waals surface area contributed by atoms with Crippen LogP contribution in [0.15, 0.2) is 42.5 Å². The van der Waals surface area contributed by atoms with E-state index in [1.807, 2.05) is 0 Å². The Bertz CT molecular complexity index is 912. The summed E-state index contributed by atoms with van der Waals surface area (Å²) in [5, 5.41) is 8.65. The molecule has 2 aromatic rings. The number of hydroxylamine groups is 1. The summed E-state index contributed by atoms with van der Waals surface area (Å²) in [6, 6.07) is 13.7. The van der Waals surface area contributed by atoms with Crippen LogP contribution >= 0.6 is 0 Å². The summed E-state index contributed by atoms with van der Waals surface area (Å²) in [5.41, 5.74) is 7.48. The first-order valence-electron chi connectivity index (χ1n) is 9.40. The van der Waals surface area contributed by atoms with Gasteiger partial charge in [-0.15, -0.1) is 0 Å². The maximum Gasteiger partial charge on any atom is 0.274 e. The van der Waals surface area contributed by atoms with Gasteiger partial charge in [-0.3, -0.25) is 10.0 Å². The summed E-state index contributed by atoms with van der Waals surface area (Å²) < 4.78 is 0. The van der Waals surface area contributed by atoms with Gasteiger partial charge in [0.25, 0.3) is 5.91 Å². The zero-order valence-electron chi connectivity index (χ0n) is 16.5. The fourth-order valence-corrected chi connectivity index (χ4v) is 3.76. The quantitative estimate of drug-likeness (QED) is 0.461. The van der Waals surface area contributed by atoms with Gasteiger partial charge in [0.1, 0.15) is 0 Å². The largest absolute Gasteiger partial charge is 0.288 e. The monoisotopic (exact) mass is 361 g/mol. The first-order chi connectivity index (χ1) is 12.7. The van der Waals surface area contributed by atoms with E-state index >= 15 is 0 Å². The van der Waals surface area contributed by atoms with Crippen LogP contribution in [-0.2, 0) is 17.3 Å². The lowest BCUT2D eigenvalue weighted by Crippen LogP contribution is -2.33. The molecule has 0 saturated heterocycles. The third kappa shape index (κ3) is 4.07. The smallest absolute Gasteiger partial charge is 0.274 e. The molecule has 2 N–H and O–H groups in total. The highest BCUT2D eigenvalue weighted by atomic mass is 16.5. The molecule has 0 unspecified atom stereocenters. The number of rotatable bonds is 2. The molecule has 27 heavy (non-hydrogen) atoms. The van der Waals surface area contributed by atoms with Crippen LogP contribution in [0.5, 0.6) is 0 Å². The Morgan fingerprint density at radius 1 is 1.00 bits per heavy atom.